The first-order valence-corrected chi connectivity index (χ1v) is 6.38. The molecule has 0 fully saturated rings. The maximum Gasteiger partial charge on any atom is 0.269 e. The predicted molar refractivity (Wildman–Crippen MR) is 68.1 cm³/mol. The van der Waals surface area contributed by atoms with Crippen molar-refractivity contribution in [1.82, 2.24) is 20.2 Å². The number of nitro groups is 1. The maximum absolute atomic E-state index is 10.5. The molecule has 9 heteroatoms. The van der Waals surface area contributed by atoms with Crippen molar-refractivity contribution in [3.63, 3.8) is 0 Å². The first-order valence-electron chi connectivity index (χ1n) is 5.39. The minimum Gasteiger partial charge on any atom is -0.493 e. The lowest BCUT2D eigenvalue weighted by Gasteiger charge is -2.04. The van der Waals surface area contributed by atoms with Crippen LogP contribution in [0.5, 0.6) is 5.75 Å². The van der Waals surface area contributed by atoms with Gasteiger partial charge in [0, 0.05) is 24.9 Å². The summed E-state index contributed by atoms with van der Waals surface area (Å²) >= 11 is 1.47. The van der Waals surface area contributed by atoms with Gasteiger partial charge in [-0.25, -0.2) is 4.68 Å². The maximum atomic E-state index is 10.5. The van der Waals surface area contributed by atoms with Gasteiger partial charge in [0.2, 0.25) is 5.16 Å². The molecule has 0 unspecified atom stereocenters. The van der Waals surface area contributed by atoms with Crippen LogP contribution in [0.25, 0.3) is 0 Å². The molecular formula is C10H11N5O3S. The number of nitro benzene ring substituents is 1. The number of aromatic nitrogens is 4. The van der Waals surface area contributed by atoms with Gasteiger partial charge in [0.05, 0.1) is 11.5 Å². The number of thioether (sulfide) groups is 1. The van der Waals surface area contributed by atoms with Gasteiger partial charge >= 0.3 is 0 Å². The van der Waals surface area contributed by atoms with Gasteiger partial charge in [0.1, 0.15) is 5.75 Å². The number of aryl methyl sites for hydroxylation is 1. The Morgan fingerprint density at radius 2 is 2.16 bits per heavy atom. The van der Waals surface area contributed by atoms with Gasteiger partial charge in [0.15, 0.2) is 0 Å². The minimum atomic E-state index is -0.444. The third-order valence-corrected chi connectivity index (χ3v) is 3.19. The molecule has 1 aromatic carbocycles. The zero-order valence-corrected chi connectivity index (χ0v) is 10.9. The third-order valence-electron chi connectivity index (χ3n) is 2.21. The second-order valence-corrected chi connectivity index (χ2v) is 4.60. The lowest BCUT2D eigenvalue weighted by Crippen LogP contribution is -2.02. The standard InChI is InChI=1S/C10H11N5O3S/c1-14-10(11-12-13-14)19-7-6-18-9-4-2-8(3-5-9)15(16)17/h2-5H,6-7H2,1H3. The molecular weight excluding hydrogens is 270 g/mol. The van der Waals surface area contributed by atoms with Crippen molar-refractivity contribution in [2.75, 3.05) is 12.4 Å². The van der Waals surface area contributed by atoms with E-state index in [0.29, 0.717) is 23.3 Å². The Labute approximate surface area is 112 Å². The van der Waals surface area contributed by atoms with E-state index in [4.69, 9.17) is 4.74 Å². The molecule has 1 heterocycles. The van der Waals surface area contributed by atoms with Crippen LogP contribution in [0.2, 0.25) is 0 Å². The molecule has 100 valence electrons. The summed E-state index contributed by atoms with van der Waals surface area (Å²) in [5.74, 6) is 1.29. The number of rotatable bonds is 6. The van der Waals surface area contributed by atoms with Crippen molar-refractivity contribution in [3.05, 3.63) is 34.4 Å². The molecule has 19 heavy (non-hydrogen) atoms. The highest BCUT2D eigenvalue weighted by Crippen LogP contribution is 2.18. The van der Waals surface area contributed by atoms with Gasteiger partial charge in [0.25, 0.3) is 5.69 Å². The van der Waals surface area contributed by atoms with Crippen LogP contribution in [0.3, 0.4) is 0 Å². The fraction of sp³-hybridized carbons (Fsp3) is 0.300. The molecule has 0 aliphatic rings. The summed E-state index contributed by atoms with van der Waals surface area (Å²) in [4.78, 5) is 10.0. The number of tetrazole rings is 1. The molecule has 0 N–H and O–H groups in total. The average Bonchev–Trinajstić information content (AvgIpc) is 2.81. The van der Waals surface area contributed by atoms with Crippen molar-refractivity contribution < 1.29 is 9.66 Å². The van der Waals surface area contributed by atoms with E-state index in [-0.39, 0.29) is 5.69 Å². The third kappa shape index (κ3) is 3.65. The Morgan fingerprint density at radius 1 is 1.42 bits per heavy atom. The van der Waals surface area contributed by atoms with Crippen LogP contribution in [0.4, 0.5) is 5.69 Å². The Bertz CT molecular complexity index is 557. The summed E-state index contributed by atoms with van der Waals surface area (Å²) in [7, 11) is 1.76. The number of hydrogen-bond donors (Lipinski definition) is 0. The molecule has 0 amide bonds. The summed E-state index contributed by atoms with van der Waals surface area (Å²) in [5, 5.41) is 22.2. The largest absolute Gasteiger partial charge is 0.493 e. The van der Waals surface area contributed by atoms with Gasteiger partial charge in [-0.05, 0) is 22.6 Å². The highest BCUT2D eigenvalue weighted by Gasteiger charge is 2.05. The molecule has 2 aromatic rings. The second-order valence-electron chi connectivity index (χ2n) is 3.53. The van der Waals surface area contributed by atoms with Crippen molar-refractivity contribution >= 4 is 17.4 Å². The molecule has 0 aliphatic heterocycles. The Hall–Kier alpha value is -2.16. The van der Waals surface area contributed by atoms with Crippen LogP contribution in [0.15, 0.2) is 29.4 Å². The van der Waals surface area contributed by atoms with Gasteiger partial charge in [-0.2, -0.15) is 0 Å². The van der Waals surface area contributed by atoms with Crippen LogP contribution >= 0.6 is 11.8 Å². The van der Waals surface area contributed by atoms with E-state index in [1.54, 1.807) is 23.9 Å². The molecule has 0 spiro atoms. The lowest BCUT2D eigenvalue weighted by molar-refractivity contribution is -0.384. The van der Waals surface area contributed by atoms with E-state index in [1.807, 2.05) is 0 Å². The van der Waals surface area contributed by atoms with Crippen LogP contribution in [0, 0.1) is 10.1 Å². The summed E-state index contributed by atoms with van der Waals surface area (Å²) in [6.45, 7) is 0.468. The van der Waals surface area contributed by atoms with E-state index in [1.165, 1.54) is 23.9 Å². The number of hydrogen-bond acceptors (Lipinski definition) is 7. The zero-order valence-electron chi connectivity index (χ0n) is 10.1. The van der Waals surface area contributed by atoms with Crippen molar-refractivity contribution in [1.29, 1.82) is 0 Å². The predicted octanol–water partition coefficient (Wildman–Crippen LogP) is 1.29. The van der Waals surface area contributed by atoms with Gasteiger partial charge in [-0.3, -0.25) is 10.1 Å². The van der Waals surface area contributed by atoms with Gasteiger partial charge in [-0.1, -0.05) is 11.8 Å². The van der Waals surface area contributed by atoms with Crippen molar-refractivity contribution in [2.45, 2.75) is 5.16 Å². The van der Waals surface area contributed by atoms with Crippen LogP contribution < -0.4 is 4.74 Å². The molecule has 0 saturated heterocycles. The molecule has 0 saturated carbocycles. The first-order chi connectivity index (χ1) is 9.16. The molecule has 2 rings (SSSR count). The van der Waals surface area contributed by atoms with E-state index in [2.05, 4.69) is 15.5 Å². The van der Waals surface area contributed by atoms with Crippen LogP contribution in [0.1, 0.15) is 0 Å². The van der Waals surface area contributed by atoms with E-state index < -0.39 is 4.92 Å². The number of ether oxygens (including phenoxy) is 1. The normalized spacial score (nSPS) is 10.4. The summed E-state index contributed by atoms with van der Waals surface area (Å²) in [6.07, 6.45) is 0. The zero-order chi connectivity index (χ0) is 13.7. The fourth-order valence-corrected chi connectivity index (χ4v) is 1.97. The summed E-state index contributed by atoms with van der Waals surface area (Å²) in [6, 6.07) is 5.98. The van der Waals surface area contributed by atoms with E-state index >= 15 is 0 Å². The van der Waals surface area contributed by atoms with Gasteiger partial charge in [-0.15, -0.1) is 5.10 Å². The molecule has 0 bridgehead atoms. The molecule has 0 atom stereocenters. The Morgan fingerprint density at radius 3 is 2.74 bits per heavy atom. The Balaban J connectivity index is 1.76. The van der Waals surface area contributed by atoms with Gasteiger partial charge < -0.3 is 4.74 Å². The monoisotopic (exact) mass is 281 g/mol. The number of non-ortho nitro benzene ring substituents is 1. The first kappa shape index (κ1) is 13.3. The Kier molecular flexibility index (Phi) is 4.29. The average molecular weight is 281 g/mol. The fourth-order valence-electron chi connectivity index (χ4n) is 1.30. The SMILES string of the molecule is Cn1nnnc1SCCOc1ccc([N+](=O)[O-])cc1. The highest BCUT2D eigenvalue weighted by atomic mass is 32.2. The van der Waals surface area contributed by atoms with Crippen LogP contribution in [-0.4, -0.2) is 37.5 Å². The summed E-state index contributed by atoms with van der Waals surface area (Å²) < 4.78 is 7.04. The van der Waals surface area contributed by atoms with Crippen molar-refractivity contribution in [2.24, 2.45) is 7.05 Å². The minimum absolute atomic E-state index is 0.0480. The number of nitrogens with zero attached hydrogens (tertiary/aromatic N) is 5. The molecule has 1 aromatic heterocycles. The highest BCUT2D eigenvalue weighted by molar-refractivity contribution is 7.99. The van der Waals surface area contributed by atoms with E-state index in [0.717, 1.165) is 0 Å². The lowest BCUT2D eigenvalue weighted by atomic mass is 10.3. The van der Waals surface area contributed by atoms with E-state index in [9.17, 15) is 10.1 Å². The number of benzene rings is 1. The topological polar surface area (TPSA) is 96.0 Å². The molecule has 0 aliphatic carbocycles. The second kappa shape index (κ2) is 6.14. The summed E-state index contributed by atoms with van der Waals surface area (Å²) in [5.41, 5.74) is 0.0480. The quantitative estimate of drug-likeness (QED) is 0.340. The van der Waals surface area contributed by atoms with Crippen molar-refractivity contribution in [3.8, 4) is 5.75 Å². The molecule has 0 radical (unpaired) electrons. The van der Waals surface area contributed by atoms with Crippen LogP contribution in [-0.2, 0) is 7.05 Å². The molecule has 8 nitrogen and oxygen atoms in total. The smallest absolute Gasteiger partial charge is 0.269 e.